The van der Waals surface area contributed by atoms with Crippen LogP contribution in [-0.2, 0) is 0 Å². The minimum Gasteiger partial charge on any atom is -0.366 e. The van der Waals surface area contributed by atoms with Gasteiger partial charge >= 0.3 is 0 Å². The Morgan fingerprint density at radius 1 is 0.824 bits per heavy atom. The molecule has 0 bridgehead atoms. The van der Waals surface area contributed by atoms with Gasteiger partial charge in [0.15, 0.2) is 0 Å². The van der Waals surface area contributed by atoms with Gasteiger partial charge in [-0.05, 0) is 71.1 Å². The zero-order valence-corrected chi connectivity index (χ0v) is 19.8. The van der Waals surface area contributed by atoms with Gasteiger partial charge in [-0.25, -0.2) is 0 Å². The molecule has 168 valence electrons. The summed E-state index contributed by atoms with van der Waals surface area (Å²) in [5, 5.41) is 0. The van der Waals surface area contributed by atoms with Crippen molar-refractivity contribution in [1.29, 1.82) is 0 Å². The van der Waals surface area contributed by atoms with Gasteiger partial charge in [0.1, 0.15) is 0 Å². The summed E-state index contributed by atoms with van der Waals surface area (Å²) >= 11 is 0. The van der Waals surface area contributed by atoms with Crippen LogP contribution >= 0.6 is 0 Å². The van der Waals surface area contributed by atoms with E-state index in [2.05, 4.69) is 134 Å². The number of hydrogen-bond acceptors (Lipinski definition) is 2. The molecule has 1 aliphatic heterocycles. The van der Waals surface area contributed by atoms with Gasteiger partial charge in [0.05, 0.1) is 11.7 Å². The molecule has 2 atom stereocenters. The van der Waals surface area contributed by atoms with Gasteiger partial charge < -0.3 is 4.90 Å². The summed E-state index contributed by atoms with van der Waals surface area (Å²) in [5.41, 5.74) is 8.56. The average Bonchev–Trinajstić information content (AvgIpc) is 2.89. The largest absolute Gasteiger partial charge is 0.366 e. The fourth-order valence-corrected chi connectivity index (χ4v) is 4.78. The van der Waals surface area contributed by atoms with E-state index in [1.54, 1.807) is 0 Å². The van der Waals surface area contributed by atoms with E-state index in [1.165, 1.54) is 33.4 Å². The van der Waals surface area contributed by atoms with Crippen LogP contribution in [0.5, 0.6) is 0 Å². The normalized spacial score (nSPS) is 15.9. The van der Waals surface area contributed by atoms with Gasteiger partial charge in [-0.2, -0.15) is 0 Å². The number of aromatic nitrogens is 1. The molecule has 2 heterocycles. The quantitative estimate of drug-likeness (QED) is 0.301. The Bertz CT molecular complexity index is 1310. The van der Waals surface area contributed by atoms with Crippen LogP contribution in [-0.4, -0.2) is 16.4 Å². The van der Waals surface area contributed by atoms with E-state index < -0.39 is 0 Å². The Kier molecular flexibility index (Phi) is 6.40. The molecule has 4 aromatic rings. The van der Waals surface area contributed by atoms with E-state index in [4.69, 9.17) is 4.98 Å². The maximum absolute atomic E-state index is 4.76. The summed E-state index contributed by atoms with van der Waals surface area (Å²) in [4.78, 5) is 7.20. The first kappa shape index (κ1) is 21.9. The lowest BCUT2D eigenvalue weighted by molar-refractivity contribution is 0.305. The fourth-order valence-electron chi connectivity index (χ4n) is 4.78. The van der Waals surface area contributed by atoms with Crippen molar-refractivity contribution in [3.63, 3.8) is 0 Å². The van der Waals surface area contributed by atoms with E-state index in [1.807, 2.05) is 6.20 Å². The van der Waals surface area contributed by atoms with E-state index in [9.17, 15) is 0 Å². The monoisotopic (exact) mass is 442 g/mol. The molecule has 0 saturated heterocycles. The first-order chi connectivity index (χ1) is 16.7. The molecule has 2 unspecified atom stereocenters. The molecule has 0 amide bonds. The lowest BCUT2D eigenvalue weighted by Gasteiger charge is -2.33. The summed E-state index contributed by atoms with van der Waals surface area (Å²) in [7, 11) is 0. The highest BCUT2D eigenvalue weighted by molar-refractivity contribution is 5.74. The standard InChI is InChI=1S/C32H30N2/c1-24-18-19-33-31(21-24)30-22-28(26-11-5-3-6-12-26)16-17-29(30)25(2)23-34-20-10-9-15-32(34)27-13-7-4-8-14-27/h3-22,25,32H,23H2,1-2H3. The molecule has 0 radical (unpaired) electrons. The lowest BCUT2D eigenvalue weighted by Crippen LogP contribution is -2.28. The third-order valence-corrected chi connectivity index (χ3v) is 6.55. The zero-order valence-electron chi connectivity index (χ0n) is 19.8. The maximum atomic E-state index is 4.76. The van der Waals surface area contributed by atoms with Crippen LogP contribution in [0.15, 0.2) is 122 Å². The average molecular weight is 443 g/mol. The Balaban J connectivity index is 1.51. The van der Waals surface area contributed by atoms with Crippen molar-refractivity contribution in [1.82, 2.24) is 9.88 Å². The number of rotatable bonds is 6. The summed E-state index contributed by atoms with van der Waals surface area (Å²) in [6.07, 6.45) is 10.7. The van der Waals surface area contributed by atoms with E-state index in [0.29, 0.717) is 5.92 Å². The molecule has 3 aromatic carbocycles. The molecule has 5 rings (SSSR count). The summed E-state index contributed by atoms with van der Waals surface area (Å²) < 4.78 is 0. The number of benzene rings is 3. The van der Waals surface area contributed by atoms with Crippen LogP contribution in [0.25, 0.3) is 22.4 Å². The van der Waals surface area contributed by atoms with Gasteiger partial charge in [-0.1, -0.05) is 91.9 Å². The van der Waals surface area contributed by atoms with Crippen molar-refractivity contribution in [2.24, 2.45) is 0 Å². The Morgan fingerprint density at radius 3 is 2.35 bits per heavy atom. The van der Waals surface area contributed by atoms with Crippen LogP contribution in [0.2, 0.25) is 0 Å². The molecule has 1 aliphatic rings. The van der Waals surface area contributed by atoms with E-state index >= 15 is 0 Å². The topological polar surface area (TPSA) is 16.1 Å². The van der Waals surface area contributed by atoms with Crippen molar-refractivity contribution in [3.8, 4) is 22.4 Å². The second kappa shape index (κ2) is 9.93. The number of pyridine rings is 1. The second-order valence-electron chi connectivity index (χ2n) is 9.07. The maximum Gasteiger partial charge on any atom is 0.0724 e. The van der Waals surface area contributed by atoms with Crippen molar-refractivity contribution in [2.45, 2.75) is 25.8 Å². The minimum atomic E-state index is 0.248. The SMILES string of the molecule is Cc1ccnc(-c2cc(-c3ccccc3)ccc2C(C)CN2C=CC=CC2c2ccccc2)c1. The predicted octanol–water partition coefficient (Wildman–Crippen LogP) is 7.95. The molecule has 1 aromatic heterocycles. The Labute approximate surface area is 202 Å². The van der Waals surface area contributed by atoms with Gasteiger partial charge in [0.25, 0.3) is 0 Å². The highest BCUT2D eigenvalue weighted by Crippen LogP contribution is 2.35. The molecular weight excluding hydrogens is 412 g/mol. The third kappa shape index (κ3) is 4.72. The van der Waals surface area contributed by atoms with Crippen LogP contribution in [0.3, 0.4) is 0 Å². The number of nitrogens with zero attached hydrogens (tertiary/aromatic N) is 2. The number of allylic oxidation sites excluding steroid dienone is 2. The summed E-state index contributed by atoms with van der Waals surface area (Å²) in [5.74, 6) is 0.324. The number of aryl methyl sites for hydroxylation is 1. The van der Waals surface area contributed by atoms with E-state index in [-0.39, 0.29) is 6.04 Å². The number of hydrogen-bond donors (Lipinski definition) is 0. The first-order valence-corrected chi connectivity index (χ1v) is 12.0. The fraction of sp³-hybridized carbons (Fsp3) is 0.156. The van der Waals surface area contributed by atoms with Crippen LogP contribution in [0, 0.1) is 6.92 Å². The van der Waals surface area contributed by atoms with Crippen LogP contribution in [0.1, 0.15) is 35.6 Å². The molecule has 0 N–H and O–H groups in total. The van der Waals surface area contributed by atoms with Gasteiger partial charge in [0.2, 0.25) is 0 Å². The van der Waals surface area contributed by atoms with Crippen LogP contribution in [0.4, 0.5) is 0 Å². The molecule has 0 saturated carbocycles. The summed E-state index contributed by atoms with van der Waals surface area (Å²) in [6, 6.07) is 32.7. The van der Waals surface area contributed by atoms with Crippen molar-refractivity contribution in [3.05, 3.63) is 138 Å². The predicted molar refractivity (Wildman–Crippen MR) is 142 cm³/mol. The second-order valence-corrected chi connectivity index (χ2v) is 9.07. The molecule has 2 heteroatoms. The molecule has 34 heavy (non-hydrogen) atoms. The van der Waals surface area contributed by atoms with Gasteiger partial charge in [-0.15, -0.1) is 0 Å². The van der Waals surface area contributed by atoms with Crippen molar-refractivity contribution in [2.75, 3.05) is 6.54 Å². The van der Waals surface area contributed by atoms with Gasteiger partial charge in [0, 0.05) is 18.3 Å². The summed E-state index contributed by atoms with van der Waals surface area (Å²) in [6.45, 7) is 5.37. The van der Waals surface area contributed by atoms with Gasteiger partial charge in [-0.3, -0.25) is 4.98 Å². The Morgan fingerprint density at radius 2 is 1.59 bits per heavy atom. The molecule has 0 aliphatic carbocycles. The van der Waals surface area contributed by atoms with Crippen molar-refractivity contribution >= 4 is 0 Å². The first-order valence-electron chi connectivity index (χ1n) is 12.0. The Hall–Kier alpha value is -3.91. The third-order valence-electron chi connectivity index (χ3n) is 6.55. The van der Waals surface area contributed by atoms with Crippen LogP contribution < -0.4 is 0 Å². The molecular formula is C32H30N2. The van der Waals surface area contributed by atoms with Crippen molar-refractivity contribution < 1.29 is 0 Å². The highest BCUT2D eigenvalue weighted by atomic mass is 15.1. The molecule has 0 spiro atoms. The van der Waals surface area contributed by atoms with E-state index in [0.717, 1.165) is 12.2 Å². The smallest absolute Gasteiger partial charge is 0.0724 e. The molecule has 2 nitrogen and oxygen atoms in total. The zero-order chi connectivity index (χ0) is 23.3. The lowest BCUT2D eigenvalue weighted by atomic mass is 9.89. The minimum absolute atomic E-state index is 0.248. The highest BCUT2D eigenvalue weighted by Gasteiger charge is 2.22. The molecule has 0 fully saturated rings.